The van der Waals surface area contributed by atoms with Gasteiger partial charge in [-0.3, -0.25) is 9.89 Å². The fraction of sp³-hybridized carbons (Fsp3) is 0.333. The van der Waals surface area contributed by atoms with Crippen LogP contribution in [0, 0.1) is 0 Å². The molecule has 1 amide bonds. The summed E-state index contributed by atoms with van der Waals surface area (Å²) in [4.78, 5) is 18.3. The largest absolute Gasteiger partial charge is 0.364 e. The molecule has 3 aromatic heterocycles. The molecule has 4 rings (SSSR count). The van der Waals surface area contributed by atoms with Gasteiger partial charge in [0.25, 0.3) is 0 Å². The summed E-state index contributed by atoms with van der Waals surface area (Å²) in [5.41, 5.74) is 1.66. The molecular weight excluding hydrogens is 294 g/mol. The van der Waals surface area contributed by atoms with Gasteiger partial charge in [-0.25, -0.2) is 9.50 Å². The number of fused-ring (bicyclic) bond motifs is 1. The minimum absolute atomic E-state index is 0.122. The first-order valence-electron chi connectivity index (χ1n) is 7.61. The number of carbonyl (C=O) groups excluding carboxylic acids is 1. The van der Waals surface area contributed by atoms with Crippen LogP contribution in [0.4, 0.5) is 5.82 Å². The lowest BCUT2D eigenvalue weighted by molar-refractivity contribution is -0.129. The number of likely N-dealkylation sites (tertiary alicyclic amines) is 1. The highest BCUT2D eigenvalue weighted by molar-refractivity contribution is 5.78. The Bertz CT molecular complexity index is 810. The summed E-state index contributed by atoms with van der Waals surface area (Å²) in [7, 11) is 0. The highest BCUT2D eigenvalue weighted by atomic mass is 16.2. The van der Waals surface area contributed by atoms with Crippen LogP contribution in [-0.4, -0.2) is 54.7 Å². The molecule has 0 aromatic carbocycles. The third-order valence-corrected chi connectivity index (χ3v) is 4.05. The summed E-state index contributed by atoms with van der Waals surface area (Å²) in [5, 5.41) is 14.5. The Hall–Kier alpha value is -2.90. The van der Waals surface area contributed by atoms with E-state index in [0.717, 1.165) is 30.1 Å². The molecule has 0 spiro atoms. The Labute approximate surface area is 132 Å². The van der Waals surface area contributed by atoms with Gasteiger partial charge in [0, 0.05) is 43.4 Å². The summed E-state index contributed by atoms with van der Waals surface area (Å²) in [6, 6.07) is 5.88. The van der Waals surface area contributed by atoms with E-state index >= 15 is 0 Å². The average Bonchev–Trinajstić information content (AvgIpc) is 3.27. The van der Waals surface area contributed by atoms with Gasteiger partial charge in [-0.15, -0.1) is 5.10 Å². The van der Waals surface area contributed by atoms with Gasteiger partial charge in [0.05, 0.1) is 6.42 Å². The predicted molar refractivity (Wildman–Crippen MR) is 83.9 cm³/mol. The van der Waals surface area contributed by atoms with E-state index in [2.05, 4.69) is 25.6 Å². The highest BCUT2D eigenvalue weighted by Crippen LogP contribution is 2.16. The zero-order chi connectivity index (χ0) is 15.6. The van der Waals surface area contributed by atoms with Crippen LogP contribution >= 0.6 is 0 Å². The third-order valence-electron chi connectivity index (χ3n) is 4.05. The van der Waals surface area contributed by atoms with Crippen LogP contribution < -0.4 is 5.32 Å². The summed E-state index contributed by atoms with van der Waals surface area (Å²) in [6.07, 6.45) is 6.48. The van der Waals surface area contributed by atoms with E-state index in [4.69, 9.17) is 0 Å². The molecule has 3 aromatic rings. The van der Waals surface area contributed by atoms with Crippen LogP contribution in [0.3, 0.4) is 0 Å². The van der Waals surface area contributed by atoms with Crippen molar-refractivity contribution in [3.63, 3.8) is 0 Å². The second-order valence-electron chi connectivity index (χ2n) is 5.68. The Kier molecular flexibility index (Phi) is 3.41. The molecule has 0 aliphatic carbocycles. The Morgan fingerprint density at radius 2 is 2.30 bits per heavy atom. The van der Waals surface area contributed by atoms with E-state index in [0.29, 0.717) is 13.0 Å². The molecule has 8 heteroatoms. The number of amides is 1. The molecule has 1 atom stereocenters. The van der Waals surface area contributed by atoms with Gasteiger partial charge in [-0.1, -0.05) is 0 Å². The number of rotatable bonds is 4. The van der Waals surface area contributed by atoms with Crippen LogP contribution in [-0.2, 0) is 11.2 Å². The Balaban J connectivity index is 1.37. The number of hydrogen-bond donors (Lipinski definition) is 2. The minimum atomic E-state index is 0.122. The van der Waals surface area contributed by atoms with Crippen molar-refractivity contribution >= 4 is 17.4 Å². The molecular formula is C15H17N7O. The van der Waals surface area contributed by atoms with Gasteiger partial charge in [0.1, 0.15) is 5.82 Å². The number of anilines is 1. The summed E-state index contributed by atoms with van der Waals surface area (Å²) < 4.78 is 1.73. The molecule has 1 saturated heterocycles. The standard InChI is InChI=1S/C15H17N7O/c23-15(9-11-3-5-17-19-11)21-7-4-12(10-21)18-13-1-2-14-16-6-8-22(14)20-13/h1-3,5-6,8,12H,4,7,9-10H2,(H,17,19)(H,18,20). The van der Waals surface area contributed by atoms with Crippen LogP contribution in [0.15, 0.2) is 36.8 Å². The van der Waals surface area contributed by atoms with Crippen molar-refractivity contribution < 1.29 is 4.79 Å². The number of nitrogens with zero attached hydrogens (tertiary/aromatic N) is 5. The average molecular weight is 311 g/mol. The van der Waals surface area contributed by atoms with Crippen molar-refractivity contribution in [2.75, 3.05) is 18.4 Å². The zero-order valence-corrected chi connectivity index (χ0v) is 12.5. The van der Waals surface area contributed by atoms with Crippen molar-refractivity contribution in [2.24, 2.45) is 0 Å². The molecule has 8 nitrogen and oxygen atoms in total. The first-order chi connectivity index (χ1) is 11.3. The third kappa shape index (κ3) is 2.87. The topological polar surface area (TPSA) is 91.2 Å². The van der Waals surface area contributed by atoms with Crippen LogP contribution in [0.1, 0.15) is 12.1 Å². The summed E-state index contributed by atoms with van der Waals surface area (Å²) in [6.45, 7) is 1.45. The molecule has 0 saturated carbocycles. The first kappa shape index (κ1) is 13.7. The second kappa shape index (κ2) is 5.71. The number of aromatic amines is 1. The van der Waals surface area contributed by atoms with E-state index in [1.807, 2.05) is 29.3 Å². The maximum Gasteiger partial charge on any atom is 0.228 e. The first-order valence-corrected chi connectivity index (χ1v) is 7.61. The van der Waals surface area contributed by atoms with Crippen molar-refractivity contribution in [1.29, 1.82) is 0 Å². The van der Waals surface area contributed by atoms with Crippen LogP contribution in [0.5, 0.6) is 0 Å². The predicted octanol–water partition coefficient (Wildman–Crippen LogP) is 0.708. The molecule has 0 bridgehead atoms. The molecule has 118 valence electrons. The molecule has 23 heavy (non-hydrogen) atoms. The Morgan fingerprint density at radius 3 is 3.17 bits per heavy atom. The van der Waals surface area contributed by atoms with Gasteiger partial charge >= 0.3 is 0 Å². The maximum absolute atomic E-state index is 12.3. The molecule has 2 N–H and O–H groups in total. The van der Waals surface area contributed by atoms with E-state index in [1.54, 1.807) is 16.9 Å². The monoisotopic (exact) mass is 311 g/mol. The van der Waals surface area contributed by atoms with Gasteiger partial charge < -0.3 is 10.2 Å². The number of nitrogens with one attached hydrogen (secondary N) is 2. The molecule has 1 aliphatic rings. The van der Waals surface area contributed by atoms with Crippen molar-refractivity contribution in [3.8, 4) is 0 Å². The fourth-order valence-corrected chi connectivity index (χ4v) is 2.86. The highest BCUT2D eigenvalue weighted by Gasteiger charge is 2.26. The van der Waals surface area contributed by atoms with E-state index in [1.165, 1.54) is 0 Å². The smallest absolute Gasteiger partial charge is 0.228 e. The minimum Gasteiger partial charge on any atom is -0.364 e. The number of aromatic nitrogens is 5. The number of H-pyrrole nitrogens is 1. The van der Waals surface area contributed by atoms with Crippen molar-refractivity contribution in [1.82, 2.24) is 29.7 Å². The number of carbonyl (C=O) groups is 1. The SMILES string of the molecule is O=C(Cc1ccn[nH]1)N1CCC(Nc2ccc3nccn3n2)C1. The van der Waals surface area contributed by atoms with E-state index in [-0.39, 0.29) is 11.9 Å². The lowest BCUT2D eigenvalue weighted by Gasteiger charge is -2.17. The Morgan fingerprint density at radius 1 is 1.35 bits per heavy atom. The van der Waals surface area contributed by atoms with E-state index in [9.17, 15) is 4.79 Å². The van der Waals surface area contributed by atoms with E-state index < -0.39 is 0 Å². The molecule has 0 radical (unpaired) electrons. The zero-order valence-electron chi connectivity index (χ0n) is 12.5. The molecule has 1 unspecified atom stereocenters. The van der Waals surface area contributed by atoms with Crippen molar-refractivity contribution in [2.45, 2.75) is 18.9 Å². The van der Waals surface area contributed by atoms with Crippen LogP contribution in [0.25, 0.3) is 5.65 Å². The molecule has 1 aliphatic heterocycles. The molecule has 1 fully saturated rings. The van der Waals surface area contributed by atoms with Crippen molar-refractivity contribution in [3.05, 3.63) is 42.5 Å². The number of imidazole rings is 1. The maximum atomic E-state index is 12.3. The summed E-state index contributed by atoms with van der Waals surface area (Å²) >= 11 is 0. The van der Waals surface area contributed by atoms with Gasteiger partial charge in [0.2, 0.25) is 5.91 Å². The van der Waals surface area contributed by atoms with Gasteiger partial charge in [0.15, 0.2) is 5.65 Å². The normalized spacial score (nSPS) is 17.7. The molecule has 4 heterocycles. The van der Waals surface area contributed by atoms with Gasteiger partial charge in [-0.05, 0) is 24.6 Å². The number of hydrogen-bond acceptors (Lipinski definition) is 5. The van der Waals surface area contributed by atoms with Gasteiger partial charge in [-0.2, -0.15) is 5.10 Å². The quantitative estimate of drug-likeness (QED) is 0.740. The second-order valence-corrected chi connectivity index (χ2v) is 5.68. The summed E-state index contributed by atoms with van der Waals surface area (Å²) in [5.74, 6) is 0.917. The lowest BCUT2D eigenvalue weighted by atomic mass is 10.2. The lowest BCUT2D eigenvalue weighted by Crippen LogP contribution is -2.32. The fourth-order valence-electron chi connectivity index (χ4n) is 2.86. The van der Waals surface area contributed by atoms with Crippen LogP contribution in [0.2, 0.25) is 0 Å².